The van der Waals surface area contributed by atoms with E-state index >= 15 is 4.39 Å². The Kier molecular flexibility index (Phi) is 7.63. The number of amides is 1. The third-order valence-corrected chi connectivity index (χ3v) is 10.1. The Labute approximate surface area is 234 Å². The Balaban J connectivity index is 2.08. The maximum atomic E-state index is 17.9. The number of carbonyl (C=O) groups is 1. The minimum Gasteiger partial charge on any atom is -0.361 e. The van der Waals surface area contributed by atoms with Crippen molar-refractivity contribution < 1.29 is 13.6 Å². The highest BCUT2D eigenvalue weighted by Gasteiger charge is 2.71. The first-order valence-corrected chi connectivity index (χ1v) is 13.2. The molecule has 3 rings (SSSR count). The Morgan fingerprint density at radius 2 is 1.57 bits per heavy atom. The van der Waals surface area contributed by atoms with Gasteiger partial charge in [0.25, 0.3) is 5.91 Å². The number of piperidine rings is 1. The summed E-state index contributed by atoms with van der Waals surface area (Å²) in [5.41, 5.74) is 0.422. The van der Waals surface area contributed by atoms with Gasteiger partial charge in [-0.2, -0.15) is 0 Å². The molecular formula is C20H32B10ClF2N3O. The topological polar surface area (TPSA) is 45.2 Å². The summed E-state index contributed by atoms with van der Waals surface area (Å²) in [5.74, 6) is -0.896. The number of benzene rings is 1. The largest absolute Gasteiger partial charge is 0.361 e. The van der Waals surface area contributed by atoms with Crippen molar-refractivity contribution in [2.24, 2.45) is 0 Å². The highest BCUT2D eigenvalue weighted by molar-refractivity contribution is 6.62. The van der Waals surface area contributed by atoms with E-state index in [4.69, 9.17) is 11.6 Å². The number of hydrogen-bond donors (Lipinski definition) is 1. The fourth-order valence-electron chi connectivity index (χ4n) is 5.99. The number of rotatable bonds is 5. The van der Waals surface area contributed by atoms with Gasteiger partial charge in [0, 0.05) is 24.0 Å². The molecule has 1 aliphatic rings. The maximum absolute atomic E-state index is 17.9. The zero-order valence-corrected chi connectivity index (χ0v) is 24.9. The van der Waals surface area contributed by atoms with Gasteiger partial charge < -0.3 is 10.2 Å². The zero-order valence-electron chi connectivity index (χ0n) is 24.1. The van der Waals surface area contributed by atoms with E-state index in [1.54, 1.807) is 4.90 Å². The number of halogens is 3. The van der Waals surface area contributed by atoms with E-state index in [2.05, 4.69) is 10.3 Å². The number of nitrogens with zero attached hydrogens (tertiary/aromatic N) is 2. The highest BCUT2D eigenvalue weighted by Crippen LogP contribution is 2.64. The summed E-state index contributed by atoms with van der Waals surface area (Å²) < 4.78 is 31.8. The van der Waals surface area contributed by atoms with Crippen LogP contribution in [0.5, 0.6) is 0 Å². The van der Waals surface area contributed by atoms with Crippen LogP contribution < -0.4 is 5.32 Å². The van der Waals surface area contributed by atoms with Crippen molar-refractivity contribution in [1.82, 2.24) is 15.2 Å². The Morgan fingerprint density at radius 3 is 2.03 bits per heavy atom. The van der Waals surface area contributed by atoms with E-state index in [9.17, 15) is 9.18 Å². The van der Waals surface area contributed by atoms with Gasteiger partial charge in [0.1, 0.15) is 89.9 Å². The predicted molar refractivity (Wildman–Crippen MR) is 176 cm³/mol. The lowest BCUT2D eigenvalue weighted by atomic mass is 9.15. The van der Waals surface area contributed by atoms with E-state index in [1.807, 2.05) is 104 Å². The summed E-state index contributed by atoms with van der Waals surface area (Å²) in [6.45, 7) is 2.05. The van der Waals surface area contributed by atoms with E-state index in [-0.39, 0.29) is 23.0 Å². The lowest BCUT2D eigenvalue weighted by molar-refractivity contribution is -0.0195. The molecule has 1 aromatic heterocycles. The summed E-state index contributed by atoms with van der Waals surface area (Å²) in [5, 5.41) is -1.06. The van der Waals surface area contributed by atoms with Gasteiger partial charge in [0.2, 0.25) is 0 Å². The fourth-order valence-corrected chi connectivity index (χ4v) is 6.17. The van der Waals surface area contributed by atoms with Crippen LogP contribution in [0.2, 0.25) is 15.5 Å². The minimum absolute atomic E-state index is 0.0623. The molecule has 1 fully saturated rings. The molecule has 0 radical (unpaired) electrons. The van der Waals surface area contributed by atoms with Crippen LogP contribution in [0, 0.1) is 12.7 Å². The zero-order chi connectivity index (χ0) is 28.4. The molecule has 2 heterocycles. The normalized spacial score (nSPS) is 21.2. The van der Waals surface area contributed by atoms with Crippen LogP contribution >= 0.6 is 11.6 Å². The first kappa shape index (κ1) is 30.1. The van der Waals surface area contributed by atoms with Crippen LogP contribution in [0.15, 0.2) is 36.5 Å². The van der Waals surface area contributed by atoms with E-state index in [0.29, 0.717) is 0 Å². The quantitative estimate of drug-likeness (QED) is 0.406. The van der Waals surface area contributed by atoms with Crippen LogP contribution in [-0.4, -0.2) is 117 Å². The molecule has 1 aromatic carbocycles. The first-order valence-electron chi connectivity index (χ1n) is 12.8. The molecule has 1 saturated heterocycles. The number of alkyl halides is 1. The van der Waals surface area contributed by atoms with Gasteiger partial charge in [-0.25, -0.2) is 8.78 Å². The van der Waals surface area contributed by atoms with Crippen LogP contribution in [-0.2, 0) is 5.34 Å². The monoisotopic (exact) mass is 513 g/mol. The van der Waals surface area contributed by atoms with Crippen molar-refractivity contribution >= 4 is 96.0 Å². The number of pyridine rings is 1. The molecule has 0 saturated carbocycles. The molecule has 1 N–H and O–H groups in total. The lowest BCUT2D eigenvalue weighted by Crippen LogP contribution is -2.85. The summed E-state index contributed by atoms with van der Waals surface area (Å²) in [7, 11) is 19.2. The average Bonchev–Trinajstić information content (AvgIpc) is 2.78. The molecule has 0 atom stereocenters. The van der Waals surface area contributed by atoms with Crippen molar-refractivity contribution in [3.63, 3.8) is 0 Å². The standard InChI is InChI=1S/C20H32B10ClF2N3O/c1-9-2-5-13(34-7-9)16(21,22)35-8-15(33)17(23,24)19(27,28)36(20(29,30)18(15,25)26)14(37)10-3-4-12(32)11(31)6-10/h2-7,35H,8,21-30H2,1H3. The summed E-state index contributed by atoms with van der Waals surface area (Å²) in [6, 6.07) is 7.95. The van der Waals surface area contributed by atoms with Gasteiger partial charge in [-0.05, 0) is 63.2 Å². The maximum Gasteiger partial charge on any atom is 0.252 e. The fraction of sp³-hybridized carbons (Fsp3) is 0.400. The van der Waals surface area contributed by atoms with Crippen molar-refractivity contribution in [3.05, 3.63) is 64.2 Å². The number of aromatic nitrogens is 1. The molecule has 0 spiro atoms. The first-order chi connectivity index (χ1) is 16.6. The van der Waals surface area contributed by atoms with Crippen LogP contribution in [0.25, 0.3) is 0 Å². The van der Waals surface area contributed by atoms with Crippen molar-refractivity contribution in [2.75, 3.05) is 6.54 Å². The molecule has 0 unspecified atom stereocenters. The third-order valence-electron chi connectivity index (χ3n) is 9.85. The molecule has 1 aliphatic heterocycles. The summed E-state index contributed by atoms with van der Waals surface area (Å²) >= 11 is 6.02. The Bertz CT molecular complexity index is 1190. The van der Waals surface area contributed by atoms with Gasteiger partial charge >= 0.3 is 0 Å². The molecule has 37 heavy (non-hydrogen) atoms. The van der Waals surface area contributed by atoms with E-state index in [1.165, 1.54) is 18.2 Å². The Morgan fingerprint density at radius 1 is 1.03 bits per heavy atom. The molecule has 184 valence electrons. The SMILES string of the molecule is BC(B)(NCC1(F)C(B)(B)C(B)(B)N(C(=O)c2ccc(F)c(Cl)c2)C(B)(B)C1(B)B)c1ccc(C)cn1. The molecule has 2 aromatic rings. The van der Waals surface area contributed by atoms with Gasteiger partial charge in [0.15, 0.2) is 0 Å². The van der Waals surface area contributed by atoms with Gasteiger partial charge in [-0.15, -0.1) is 0 Å². The van der Waals surface area contributed by atoms with E-state index in [0.717, 1.165) is 11.3 Å². The molecule has 0 bridgehead atoms. The second-order valence-corrected chi connectivity index (χ2v) is 13.5. The lowest BCUT2D eigenvalue weighted by Gasteiger charge is -2.74. The Hall–Kier alpha value is -1.40. The second-order valence-electron chi connectivity index (χ2n) is 13.1. The summed E-state index contributed by atoms with van der Waals surface area (Å²) in [4.78, 5) is 20.4. The minimum atomic E-state index is -1.74. The summed E-state index contributed by atoms with van der Waals surface area (Å²) in [6.07, 6.45) is 1.82. The number of nitrogens with one attached hydrogen (secondary N) is 1. The van der Waals surface area contributed by atoms with Crippen LogP contribution in [0.4, 0.5) is 8.78 Å². The van der Waals surface area contributed by atoms with E-state index < -0.39 is 37.9 Å². The van der Waals surface area contributed by atoms with Gasteiger partial charge in [-0.1, -0.05) is 17.7 Å². The van der Waals surface area contributed by atoms with Gasteiger partial charge in [-0.3, -0.25) is 9.78 Å². The number of hydrogen-bond acceptors (Lipinski definition) is 3. The molecule has 0 aliphatic carbocycles. The molecule has 17 heteroatoms. The van der Waals surface area contributed by atoms with Crippen molar-refractivity contribution in [2.45, 2.75) is 39.0 Å². The number of likely N-dealkylation sites (tertiary alicyclic amines) is 1. The number of aryl methyl sites for hydroxylation is 1. The highest BCUT2D eigenvalue weighted by atomic mass is 35.5. The average molecular weight is 512 g/mol. The predicted octanol–water partition coefficient (Wildman–Crippen LogP) is -6.38. The molecular weight excluding hydrogens is 480 g/mol. The molecule has 1 amide bonds. The van der Waals surface area contributed by atoms with Crippen molar-refractivity contribution in [3.8, 4) is 0 Å². The second kappa shape index (κ2) is 9.36. The van der Waals surface area contributed by atoms with Crippen LogP contribution in [0.3, 0.4) is 0 Å². The van der Waals surface area contributed by atoms with Crippen LogP contribution in [0.1, 0.15) is 21.6 Å². The van der Waals surface area contributed by atoms with Gasteiger partial charge in [0.05, 0.1) is 5.02 Å². The number of carbonyl (C=O) groups excluding carboxylic acids is 1. The third kappa shape index (κ3) is 4.48. The van der Waals surface area contributed by atoms with Crippen molar-refractivity contribution in [1.29, 1.82) is 0 Å². The smallest absolute Gasteiger partial charge is 0.252 e. The molecule has 4 nitrogen and oxygen atoms in total.